The second-order valence-electron chi connectivity index (χ2n) is 5.22. The number of hydrogen-bond acceptors (Lipinski definition) is 4. The molecule has 1 heterocycles. The van der Waals surface area contributed by atoms with E-state index in [1.165, 1.54) is 0 Å². The van der Waals surface area contributed by atoms with Gasteiger partial charge in [0.1, 0.15) is 11.9 Å². The highest BCUT2D eigenvalue weighted by Crippen LogP contribution is 2.23. The van der Waals surface area contributed by atoms with Crippen LogP contribution in [-0.2, 0) is 0 Å². The first-order valence-corrected chi connectivity index (χ1v) is 6.14. The molecule has 0 atom stereocenters. The zero-order valence-corrected chi connectivity index (χ0v) is 11.8. The van der Waals surface area contributed by atoms with Gasteiger partial charge in [0, 0.05) is 18.8 Å². The Kier molecular flexibility index (Phi) is 4.31. The van der Waals surface area contributed by atoms with Crippen LogP contribution in [0.25, 0.3) is 0 Å². The third kappa shape index (κ3) is 3.44. The topological polar surface area (TPSA) is 60.1 Å². The van der Waals surface area contributed by atoms with Crippen LogP contribution in [-0.4, -0.2) is 28.8 Å². The van der Waals surface area contributed by atoms with Crippen molar-refractivity contribution >= 4 is 5.82 Å². The van der Waals surface area contributed by atoms with Crippen molar-refractivity contribution in [1.29, 1.82) is 5.26 Å². The number of aryl methyl sites for hydroxylation is 2. The Hall–Kier alpha value is -1.60. The number of rotatable bonds is 4. The molecular formula is C14H21N3O. The Morgan fingerprint density at radius 1 is 1.44 bits per heavy atom. The Balaban J connectivity index is 3.25. The molecule has 1 rings (SSSR count). The highest BCUT2D eigenvalue weighted by molar-refractivity contribution is 5.58. The molecule has 1 aromatic rings. The molecule has 0 aromatic carbocycles. The maximum Gasteiger partial charge on any atom is 0.147 e. The van der Waals surface area contributed by atoms with Crippen LogP contribution >= 0.6 is 0 Å². The second-order valence-corrected chi connectivity index (χ2v) is 5.22. The van der Waals surface area contributed by atoms with Crippen LogP contribution in [0.5, 0.6) is 0 Å². The number of anilines is 1. The summed E-state index contributed by atoms with van der Waals surface area (Å²) in [5, 5.41) is 19.2. The van der Waals surface area contributed by atoms with Crippen molar-refractivity contribution in [1.82, 2.24) is 4.98 Å². The summed E-state index contributed by atoms with van der Waals surface area (Å²) in [4.78, 5) is 6.40. The second kappa shape index (κ2) is 5.36. The minimum atomic E-state index is -0.817. The molecule has 4 heteroatoms. The van der Waals surface area contributed by atoms with Gasteiger partial charge in [0.15, 0.2) is 0 Å². The van der Waals surface area contributed by atoms with Crippen molar-refractivity contribution < 1.29 is 5.11 Å². The van der Waals surface area contributed by atoms with Gasteiger partial charge in [-0.05, 0) is 46.2 Å². The van der Waals surface area contributed by atoms with E-state index < -0.39 is 5.60 Å². The van der Waals surface area contributed by atoms with E-state index in [1.807, 2.05) is 31.7 Å². The largest absolute Gasteiger partial charge is 0.389 e. The van der Waals surface area contributed by atoms with Crippen LogP contribution in [0.3, 0.4) is 0 Å². The molecule has 0 radical (unpaired) electrons. The molecule has 0 unspecified atom stereocenters. The van der Waals surface area contributed by atoms with Crippen molar-refractivity contribution in [2.24, 2.45) is 0 Å². The van der Waals surface area contributed by atoms with Gasteiger partial charge in [0.05, 0.1) is 11.2 Å². The van der Waals surface area contributed by atoms with Crippen LogP contribution in [0.2, 0.25) is 0 Å². The lowest BCUT2D eigenvalue weighted by Crippen LogP contribution is -2.39. The van der Waals surface area contributed by atoms with Crippen LogP contribution in [0.1, 0.15) is 37.6 Å². The van der Waals surface area contributed by atoms with Gasteiger partial charge in [-0.2, -0.15) is 5.26 Å². The normalized spacial score (nSPS) is 11.2. The molecule has 1 N–H and O–H groups in total. The number of aromatic nitrogens is 1. The molecule has 0 aliphatic heterocycles. The molecule has 0 spiro atoms. The molecule has 0 fully saturated rings. The molecule has 0 aliphatic carbocycles. The SMILES string of the molecule is CCN(CC(C)(C)O)c1nc(C)cc(C)c1C#N. The Bertz CT molecular complexity index is 469. The summed E-state index contributed by atoms with van der Waals surface area (Å²) in [6.45, 7) is 10.5. The van der Waals surface area contributed by atoms with Crippen LogP contribution in [0.15, 0.2) is 6.07 Å². The van der Waals surface area contributed by atoms with E-state index in [-0.39, 0.29) is 0 Å². The van der Waals surface area contributed by atoms with Crippen LogP contribution < -0.4 is 4.90 Å². The van der Waals surface area contributed by atoms with Crippen molar-refractivity contribution in [3.8, 4) is 6.07 Å². The lowest BCUT2D eigenvalue weighted by atomic mass is 10.1. The van der Waals surface area contributed by atoms with Crippen LogP contribution in [0, 0.1) is 25.2 Å². The average molecular weight is 247 g/mol. The maximum atomic E-state index is 9.93. The maximum absolute atomic E-state index is 9.93. The first kappa shape index (κ1) is 14.5. The fourth-order valence-electron chi connectivity index (χ4n) is 1.99. The van der Waals surface area contributed by atoms with Gasteiger partial charge in [0.2, 0.25) is 0 Å². The first-order chi connectivity index (χ1) is 8.28. The lowest BCUT2D eigenvalue weighted by molar-refractivity contribution is 0.0874. The fourth-order valence-corrected chi connectivity index (χ4v) is 1.99. The van der Waals surface area contributed by atoms with E-state index in [9.17, 15) is 10.4 Å². The summed E-state index contributed by atoms with van der Waals surface area (Å²) in [6.07, 6.45) is 0. The molecule has 4 nitrogen and oxygen atoms in total. The van der Waals surface area contributed by atoms with E-state index >= 15 is 0 Å². The van der Waals surface area contributed by atoms with E-state index in [0.717, 1.165) is 11.3 Å². The summed E-state index contributed by atoms with van der Waals surface area (Å²) < 4.78 is 0. The van der Waals surface area contributed by atoms with Crippen molar-refractivity contribution in [2.45, 2.75) is 40.2 Å². The van der Waals surface area contributed by atoms with Crippen molar-refractivity contribution in [2.75, 3.05) is 18.0 Å². The Morgan fingerprint density at radius 3 is 2.50 bits per heavy atom. The quantitative estimate of drug-likeness (QED) is 0.885. The number of aliphatic hydroxyl groups is 1. The van der Waals surface area contributed by atoms with Gasteiger partial charge in [-0.15, -0.1) is 0 Å². The predicted octanol–water partition coefficient (Wildman–Crippen LogP) is 2.17. The van der Waals surface area contributed by atoms with E-state index in [1.54, 1.807) is 13.8 Å². The first-order valence-electron chi connectivity index (χ1n) is 6.14. The van der Waals surface area contributed by atoms with Gasteiger partial charge < -0.3 is 10.0 Å². The molecule has 0 saturated heterocycles. The molecule has 98 valence electrons. The highest BCUT2D eigenvalue weighted by Gasteiger charge is 2.21. The number of nitriles is 1. The Labute approximate surface area is 109 Å². The van der Waals surface area contributed by atoms with Gasteiger partial charge in [-0.3, -0.25) is 0 Å². The molecule has 0 amide bonds. The Morgan fingerprint density at radius 2 is 2.06 bits per heavy atom. The monoisotopic (exact) mass is 247 g/mol. The zero-order chi connectivity index (χ0) is 13.9. The third-order valence-electron chi connectivity index (χ3n) is 2.70. The molecule has 0 saturated carbocycles. The van der Waals surface area contributed by atoms with Gasteiger partial charge in [-0.1, -0.05) is 0 Å². The minimum absolute atomic E-state index is 0.452. The molecule has 0 bridgehead atoms. The fraction of sp³-hybridized carbons (Fsp3) is 0.571. The number of pyridine rings is 1. The van der Waals surface area contributed by atoms with Crippen molar-refractivity contribution in [3.63, 3.8) is 0 Å². The molecule has 18 heavy (non-hydrogen) atoms. The number of hydrogen-bond donors (Lipinski definition) is 1. The standard InChI is InChI=1S/C14H21N3O/c1-6-17(9-14(4,5)18)13-12(8-15)10(2)7-11(3)16-13/h7,18H,6,9H2,1-5H3. The summed E-state index contributed by atoms with van der Waals surface area (Å²) in [6, 6.07) is 4.11. The smallest absolute Gasteiger partial charge is 0.147 e. The minimum Gasteiger partial charge on any atom is -0.389 e. The predicted molar refractivity (Wildman–Crippen MR) is 72.6 cm³/mol. The number of nitrogens with zero attached hydrogens (tertiary/aromatic N) is 3. The summed E-state index contributed by atoms with van der Waals surface area (Å²) >= 11 is 0. The van der Waals surface area contributed by atoms with Crippen LogP contribution in [0.4, 0.5) is 5.82 Å². The molecule has 1 aromatic heterocycles. The van der Waals surface area contributed by atoms with Gasteiger partial charge in [0.25, 0.3) is 0 Å². The summed E-state index contributed by atoms with van der Waals surface area (Å²) in [5.74, 6) is 0.666. The lowest BCUT2D eigenvalue weighted by Gasteiger charge is -2.30. The molecular weight excluding hydrogens is 226 g/mol. The van der Waals surface area contributed by atoms with Crippen molar-refractivity contribution in [3.05, 3.63) is 22.9 Å². The molecule has 0 aliphatic rings. The third-order valence-corrected chi connectivity index (χ3v) is 2.70. The number of likely N-dealkylation sites (N-methyl/N-ethyl adjacent to an activating group) is 1. The van der Waals surface area contributed by atoms with Gasteiger partial charge in [-0.25, -0.2) is 4.98 Å². The van der Waals surface area contributed by atoms with E-state index in [2.05, 4.69) is 11.1 Å². The van der Waals surface area contributed by atoms with E-state index in [0.29, 0.717) is 24.5 Å². The highest BCUT2D eigenvalue weighted by atomic mass is 16.3. The zero-order valence-electron chi connectivity index (χ0n) is 11.8. The summed E-state index contributed by atoms with van der Waals surface area (Å²) in [5.41, 5.74) is 1.58. The average Bonchev–Trinajstić information content (AvgIpc) is 2.23. The van der Waals surface area contributed by atoms with Gasteiger partial charge >= 0.3 is 0 Å². The summed E-state index contributed by atoms with van der Waals surface area (Å²) in [7, 11) is 0. The van der Waals surface area contributed by atoms with E-state index in [4.69, 9.17) is 0 Å².